The highest BCUT2D eigenvalue weighted by Crippen LogP contribution is 2.25. The number of carbonyl (C=O) groups is 1. The smallest absolute Gasteiger partial charge is 0.150 e. The van der Waals surface area contributed by atoms with Crippen LogP contribution in [-0.2, 0) is 0 Å². The Morgan fingerprint density at radius 1 is 1.38 bits per heavy atom. The third-order valence-electron chi connectivity index (χ3n) is 1.79. The number of hydrogen-bond donors (Lipinski definition) is 0. The molecule has 1 aromatic carbocycles. The molecule has 2 nitrogen and oxygen atoms in total. The summed E-state index contributed by atoms with van der Waals surface area (Å²) in [6, 6.07) is 9.32. The molecular weight excluding hydrogens is 182 g/mol. The van der Waals surface area contributed by atoms with Crippen molar-refractivity contribution >= 4 is 27.7 Å². The minimum Gasteiger partial charge on any atom is -0.298 e. The number of nitrogens with zero attached hydrogens (tertiary/aromatic N) is 1. The van der Waals surface area contributed by atoms with E-state index >= 15 is 0 Å². The Balaban J connectivity index is 2.72. The molecule has 0 saturated carbocycles. The van der Waals surface area contributed by atoms with Crippen LogP contribution >= 0.6 is 11.3 Å². The number of nitriles is 1. The predicted octanol–water partition coefficient (Wildman–Crippen LogP) is 2.59. The second kappa shape index (κ2) is 3.00. The highest BCUT2D eigenvalue weighted by atomic mass is 32.1. The minimum atomic E-state index is 0.652. The summed E-state index contributed by atoms with van der Waals surface area (Å²) < 4.78 is 0.987. The van der Waals surface area contributed by atoms with Gasteiger partial charge in [-0.25, -0.2) is 0 Å². The van der Waals surface area contributed by atoms with Crippen LogP contribution in [0.3, 0.4) is 0 Å². The van der Waals surface area contributed by atoms with Crippen molar-refractivity contribution in [1.29, 1.82) is 5.26 Å². The molecule has 0 radical (unpaired) electrons. The van der Waals surface area contributed by atoms with Crippen LogP contribution in [0.4, 0.5) is 0 Å². The first-order valence-electron chi connectivity index (χ1n) is 3.72. The summed E-state index contributed by atoms with van der Waals surface area (Å²) in [5, 5.41) is 9.68. The van der Waals surface area contributed by atoms with E-state index in [1.54, 1.807) is 12.1 Å². The van der Waals surface area contributed by atoms with Gasteiger partial charge in [0, 0.05) is 10.3 Å². The van der Waals surface area contributed by atoms with Crippen LogP contribution in [0.1, 0.15) is 15.2 Å². The Labute approximate surface area is 79.0 Å². The highest BCUT2D eigenvalue weighted by Gasteiger charge is 2.01. The van der Waals surface area contributed by atoms with Gasteiger partial charge in [0.05, 0.1) is 0 Å². The molecule has 0 unspecified atom stereocenters. The van der Waals surface area contributed by atoms with E-state index in [9.17, 15) is 4.79 Å². The van der Waals surface area contributed by atoms with Crippen LogP contribution in [0.2, 0.25) is 0 Å². The lowest BCUT2D eigenvalue weighted by Crippen LogP contribution is -1.75. The maximum Gasteiger partial charge on any atom is 0.150 e. The van der Waals surface area contributed by atoms with Gasteiger partial charge in [0.1, 0.15) is 17.2 Å². The number of benzene rings is 1. The van der Waals surface area contributed by atoms with Gasteiger partial charge < -0.3 is 0 Å². The van der Waals surface area contributed by atoms with Crippen LogP contribution in [0, 0.1) is 11.3 Å². The second-order valence-electron chi connectivity index (χ2n) is 2.64. The summed E-state index contributed by atoms with van der Waals surface area (Å²) in [6.07, 6.45) is 0.811. The lowest BCUT2D eigenvalue weighted by Gasteiger charge is -1.89. The van der Waals surface area contributed by atoms with Gasteiger partial charge in [0.15, 0.2) is 0 Å². The van der Waals surface area contributed by atoms with E-state index in [-0.39, 0.29) is 0 Å². The molecule has 2 aromatic rings. The van der Waals surface area contributed by atoms with E-state index in [1.165, 1.54) is 11.3 Å². The summed E-state index contributed by atoms with van der Waals surface area (Å²) in [4.78, 5) is 11.1. The zero-order valence-corrected chi connectivity index (χ0v) is 7.47. The minimum absolute atomic E-state index is 0.652. The summed E-state index contributed by atoms with van der Waals surface area (Å²) in [6.45, 7) is 0. The van der Waals surface area contributed by atoms with Crippen molar-refractivity contribution in [2.75, 3.05) is 0 Å². The molecule has 0 aliphatic heterocycles. The molecule has 1 heterocycles. The SMILES string of the molecule is N#Cc1cc2ccc(C=O)cc2s1. The first-order chi connectivity index (χ1) is 6.33. The predicted molar refractivity (Wildman–Crippen MR) is 51.9 cm³/mol. The molecule has 0 fully saturated rings. The quantitative estimate of drug-likeness (QED) is 0.644. The van der Waals surface area contributed by atoms with Crippen LogP contribution in [0.5, 0.6) is 0 Å². The molecule has 2 rings (SSSR count). The van der Waals surface area contributed by atoms with Crippen LogP contribution in [0.15, 0.2) is 24.3 Å². The molecule has 1 aromatic heterocycles. The zero-order chi connectivity index (χ0) is 9.26. The number of thiophene rings is 1. The fraction of sp³-hybridized carbons (Fsp3) is 0. The first kappa shape index (κ1) is 7.96. The zero-order valence-electron chi connectivity index (χ0n) is 6.65. The molecule has 62 valence electrons. The van der Waals surface area contributed by atoms with Crippen molar-refractivity contribution in [1.82, 2.24) is 0 Å². The molecule has 13 heavy (non-hydrogen) atoms. The van der Waals surface area contributed by atoms with Crippen LogP contribution in [0.25, 0.3) is 10.1 Å². The molecule has 0 atom stereocenters. The molecule has 0 spiro atoms. The standard InChI is InChI=1S/C10H5NOS/c11-5-9-4-8-2-1-7(6-12)3-10(8)13-9/h1-4,6H. The number of carbonyl (C=O) groups excluding carboxylic acids is 1. The Morgan fingerprint density at radius 2 is 2.23 bits per heavy atom. The number of fused-ring (bicyclic) bond motifs is 1. The lowest BCUT2D eigenvalue weighted by atomic mass is 10.2. The largest absolute Gasteiger partial charge is 0.298 e. The summed E-state index contributed by atoms with van der Waals surface area (Å²) in [5.41, 5.74) is 0.652. The van der Waals surface area contributed by atoms with Crippen LogP contribution < -0.4 is 0 Å². The number of aldehydes is 1. The fourth-order valence-electron chi connectivity index (χ4n) is 1.18. The molecule has 0 aliphatic carbocycles. The van der Waals surface area contributed by atoms with E-state index in [0.717, 1.165) is 16.4 Å². The van der Waals surface area contributed by atoms with Gasteiger partial charge in [-0.2, -0.15) is 5.26 Å². The van der Waals surface area contributed by atoms with Crippen molar-refractivity contribution in [3.63, 3.8) is 0 Å². The number of rotatable bonds is 1. The lowest BCUT2D eigenvalue weighted by molar-refractivity contribution is 0.112. The van der Waals surface area contributed by atoms with Gasteiger partial charge >= 0.3 is 0 Å². The van der Waals surface area contributed by atoms with Gasteiger partial charge in [-0.15, -0.1) is 11.3 Å². The van der Waals surface area contributed by atoms with Crippen molar-refractivity contribution < 1.29 is 4.79 Å². The molecule has 0 N–H and O–H groups in total. The van der Waals surface area contributed by atoms with Gasteiger partial charge in [0.2, 0.25) is 0 Å². The summed E-state index contributed by atoms with van der Waals surface area (Å²) in [7, 11) is 0. The Hall–Kier alpha value is -1.66. The molecule has 3 heteroatoms. The van der Waals surface area contributed by atoms with Gasteiger partial charge in [-0.3, -0.25) is 4.79 Å². The maximum atomic E-state index is 10.5. The Bertz CT molecular complexity index is 507. The first-order valence-corrected chi connectivity index (χ1v) is 4.54. The molecule has 0 bridgehead atoms. The van der Waals surface area contributed by atoms with Crippen molar-refractivity contribution in [2.24, 2.45) is 0 Å². The van der Waals surface area contributed by atoms with E-state index in [1.807, 2.05) is 12.1 Å². The Kier molecular flexibility index (Phi) is 1.84. The Morgan fingerprint density at radius 3 is 2.92 bits per heavy atom. The average molecular weight is 187 g/mol. The maximum absolute atomic E-state index is 10.5. The molecule has 0 amide bonds. The molecule has 0 aliphatic rings. The van der Waals surface area contributed by atoms with E-state index in [2.05, 4.69) is 6.07 Å². The van der Waals surface area contributed by atoms with E-state index < -0.39 is 0 Å². The fourth-order valence-corrected chi connectivity index (χ4v) is 2.08. The second-order valence-corrected chi connectivity index (χ2v) is 3.72. The molecule has 0 saturated heterocycles. The van der Waals surface area contributed by atoms with E-state index in [0.29, 0.717) is 10.4 Å². The summed E-state index contributed by atoms with van der Waals surface area (Å²) in [5.74, 6) is 0. The summed E-state index contributed by atoms with van der Waals surface area (Å²) >= 11 is 1.41. The van der Waals surface area contributed by atoms with Crippen LogP contribution in [-0.4, -0.2) is 6.29 Å². The normalized spacial score (nSPS) is 9.77. The monoisotopic (exact) mass is 187 g/mol. The highest BCUT2D eigenvalue weighted by molar-refractivity contribution is 7.19. The average Bonchev–Trinajstić information content (AvgIpc) is 2.58. The van der Waals surface area contributed by atoms with Crippen molar-refractivity contribution in [3.05, 3.63) is 34.7 Å². The third kappa shape index (κ3) is 1.32. The van der Waals surface area contributed by atoms with Crippen molar-refractivity contribution in [3.8, 4) is 6.07 Å². The topological polar surface area (TPSA) is 40.9 Å². The van der Waals surface area contributed by atoms with Gasteiger partial charge in [0.25, 0.3) is 0 Å². The molecular formula is C10H5NOS. The number of hydrogen-bond acceptors (Lipinski definition) is 3. The van der Waals surface area contributed by atoms with Crippen molar-refractivity contribution in [2.45, 2.75) is 0 Å². The van der Waals surface area contributed by atoms with Gasteiger partial charge in [-0.05, 0) is 17.5 Å². The van der Waals surface area contributed by atoms with E-state index in [4.69, 9.17) is 5.26 Å². The van der Waals surface area contributed by atoms with Gasteiger partial charge in [-0.1, -0.05) is 12.1 Å². The third-order valence-corrected chi connectivity index (χ3v) is 2.79.